The Morgan fingerprint density at radius 1 is 1.19 bits per heavy atom. The molecular formula is C18H24N2O. The topological polar surface area (TPSA) is 28.4 Å². The maximum absolute atomic E-state index is 5.68. The molecule has 3 heteroatoms. The monoisotopic (exact) mass is 284 g/mol. The highest BCUT2D eigenvalue weighted by atomic mass is 16.3. The first kappa shape index (κ1) is 13.4. The van der Waals surface area contributed by atoms with Gasteiger partial charge in [-0.15, -0.1) is 0 Å². The Kier molecular flexibility index (Phi) is 3.70. The van der Waals surface area contributed by atoms with E-state index in [-0.39, 0.29) is 0 Å². The van der Waals surface area contributed by atoms with Crippen molar-refractivity contribution in [3.05, 3.63) is 36.1 Å². The summed E-state index contributed by atoms with van der Waals surface area (Å²) < 4.78 is 5.68. The molecule has 112 valence electrons. The third-order valence-corrected chi connectivity index (χ3v) is 5.16. The molecule has 4 rings (SSSR count). The second kappa shape index (κ2) is 5.82. The molecule has 0 spiro atoms. The maximum Gasteiger partial charge on any atom is 0.134 e. The van der Waals surface area contributed by atoms with E-state index in [0.29, 0.717) is 0 Å². The van der Waals surface area contributed by atoms with Crippen LogP contribution < -0.4 is 5.32 Å². The molecule has 2 aromatic rings. The van der Waals surface area contributed by atoms with Gasteiger partial charge in [0.25, 0.3) is 0 Å². The van der Waals surface area contributed by atoms with Crippen LogP contribution in [0, 0.1) is 5.92 Å². The third kappa shape index (κ3) is 2.72. The Balaban J connectivity index is 1.46. The van der Waals surface area contributed by atoms with Gasteiger partial charge < -0.3 is 9.73 Å². The van der Waals surface area contributed by atoms with Crippen LogP contribution in [0.25, 0.3) is 11.0 Å². The van der Waals surface area contributed by atoms with Crippen molar-refractivity contribution < 1.29 is 4.42 Å². The molecular weight excluding hydrogens is 260 g/mol. The summed E-state index contributed by atoms with van der Waals surface area (Å²) in [7, 11) is 0. The molecule has 1 N–H and O–H groups in total. The molecule has 2 aliphatic heterocycles. The predicted molar refractivity (Wildman–Crippen MR) is 85.2 cm³/mol. The zero-order chi connectivity index (χ0) is 14.1. The number of para-hydroxylation sites is 1. The maximum atomic E-state index is 5.68. The van der Waals surface area contributed by atoms with E-state index < -0.39 is 0 Å². The van der Waals surface area contributed by atoms with Gasteiger partial charge in [0.15, 0.2) is 0 Å². The normalized spacial score (nSPS) is 27.4. The first-order chi connectivity index (χ1) is 10.4. The molecule has 3 nitrogen and oxygen atoms in total. The number of likely N-dealkylation sites (tertiary alicyclic amines) is 1. The molecule has 2 unspecified atom stereocenters. The summed E-state index contributed by atoms with van der Waals surface area (Å²) >= 11 is 0. The zero-order valence-corrected chi connectivity index (χ0v) is 12.6. The van der Waals surface area contributed by atoms with Crippen molar-refractivity contribution >= 4 is 11.0 Å². The molecule has 2 aliphatic rings. The number of benzene rings is 1. The van der Waals surface area contributed by atoms with Crippen LogP contribution in [0.3, 0.4) is 0 Å². The number of furan rings is 1. The molecule has 2 atom stereocenters. The van der Waals surface area contributed by atoms with Crippen molar-refractivity contribution in [2.75, 3.05) is 19.6 Å². The van der Waals surface area contributed by atoms with E-state index in [9.17, 15) is 0 Å². The van der Waals surface area contributed by atoms with E-state index >= 15 is 0 Å². The van der Waals surface area contributed by atoms with Gasteiger partial charge >= 0.3 is 0 Å². The molecule has 21 heavy (non-hydrogen) atoms. The molecule has 0 radical (unpaired) electrons. The second-order valence-electron chi connectivity index (χ2n) is 6.60. The highest BCUT2D eigenvalue weighted by Gasteiger charge is 2.29. The fraction of sp³-hybridized carbons (Fsp3) is 0.556. The minimum atomic E-state index is 0.758. The number of piperidine rings is 1. The van der Waals surface area contributed by atoms with Crippen molar-refractivity contribution in [3.8, 4) is 0 Å². The van der Waals surface area contributed by atoms with E-state index in [1.165, 1.54) is 56.3 Å². The summed E-state index contributed by atoms with van der Waals surface area (Å²) in [5.74, 6) is 0.833. The Morgan fingerprint density at radius 2 is 2.14 bits per heavy atom. The molecule has 0 bridgehead atoms. The molecule has 2 fully saturated rings. The lowest BCUT2D eigenvalue weighted by Crippen LogP contribution is -2.43. The summed E-state index contributed by atoms with van der Waals surface area (Å²) in [5.41, 5.74) is 2.35. The summed E-state index contributed by atoms with van der Waals surface area (Å²) in [4.78, 5) is 2.62. The number of rotatable bonds is 3. The van der Waals surface area contributed by atoms with Crippen LogP contribution in [0.15, 0.2) is 34.9 Å². The van der Waals surface area contributed by atoms with Crippen LogP contribution >= 0.6 is 0 Å². The van der Waals surface area contributed by atoms with Crippen molar-refractivity contribution in [2.45, 2.75) is 38.3 Å². The van der Waals surface area contributed by atoms with Crippen LogP contribution in [0.5, 0.6) is 0 Å². The van der Waals surface area contributed by atoms with Crippen LogP contribution in [-0.4, -0.2) is 30.6 Å². The van der Waals surface area contributed by atoms with Gasteiger partial charge in [-0.25, -0.2) is 0 Å². The minimum absolute atomic E-state index is 0.758. The number of nitrogens with zero attached hydrogens (tertiary/aromatic N) is 1. The molecule has 1 aromatic carbocycles. The fourth-order valence-corrected chi connectivity index (χ4v) is 4.07. The number of nitrogens with one attached hydrogen (secondary N) is 1. The van der Waals surface area contributed by atoms with Gasteiger partial charge in [-0.1, -0.05) is 18.2 Å². The lowest BCUT2D eigenvalue weighted by molar-refractivity contribution is 0.145. The summed E-state index contributed by atoms with van der Waals surface area (Å²) in [5, 5.41) is 4.97. The largest absolute Gasteiger partial charge is 0.464 e. The van der Waals surface area contributed by atoms with Crippen LogP contribution in [-0.2, 0) is 6.54 Å². The van der Waals surface area contributed by atoms with Gasteiger partial charge in [0.1, 0.15) is 5.58 Å². The van der Waals surface area contributed by atoms with Crippen LogP contribution in [0.2, 0.25) is 0 Å². The van der Waals surface area contributed by atoms with E-state index in [0.717, 1.165) is 24.1 Å². The summed E-state index contributed by atoms with van der Waals surface area (Å²) in [6.07, 6.45) is 7.39. The quantitative estimate of drug-likeness (QED) is 0.936. The van der Waals surface area contributed by atoms with Gasteiger partial charge in [0, 0.05) is 30.1 Å². The van der Waals surface area contributed by atoms with Crippen molar-refractivity contribution in [3.63, 3.8) is 0 Å². The molecule has 3 heterocycles. The first-order valence-corrected chi connectivity index (χ1v) is 8.31. The Bertz CT molecular complexity index is 600. The smallest absolute Gasteiger partial charge is 0.134 e. The number of hydrogen-bond acceptors (Lipinski definition) is 3. The summed E-state index contributed by atoms with van der Waals surface area (Å²) in [6.45, 7) is 4.70. The summed E-state index contributed by atoms with van der Waals surface area (Å²) in [6, 6.07) is 9.13. The van der Waals surface area contributed by atoms with Crippen LogP contribution in [0.4, 0.5) is 0 Å². The molecule has 2 saturated heterocycles. The molecule has 0 saturated carbocycles. The number of hydrogen-bond donors (Lipinski definition) is 1. The van der Waals surface area contributed by atoms with Gasteiger partial charge in [-0.2, -0.15) is 0 Å². The standard InChI is InChI=1S/C18H24N2O/c1-2-8-18-16(6-1)15(13-21-18)12-20-10-4-5-14(11-20)17-7-3-9-19-17/h1-2,6,8,13-14,17,19H,3-5,7,9-12H2. The van der Waals surface area contributed by atoms with E-state index in [4.69, 9.17) is 4.42 Å². The van der Waals surface area contributed by atoms with E-state index in [1.807, 2.05) is 12.3 Å². The predicted octanol–water partition coefficient (Wildman–Crippen LogP) is 3.40. The Labute approximate surface area is 126 Å². The van der Waals surface area contributed by atoms with Gasteiger partial charge in [0.05, 0.1) is 6.26 Å². The average Bonchev–Trinajstić information content (AvgIpc) is 3.18. The third-order valence-electron chi connectivity index (χ3n) is 5.16. The highest BCUT2D eigenvalue weighted by Crippen LogP contribution is 2.27. The zero-order valence-electron chi connectivity index (χ0n) is 12.6. The van der Waals surface area contributed by atoms with Gasteiger partial charge in [-0.3, -0.25) is 4.90 Å². The average molecular weight is 284 g/mol. The first-order valence-electron chi connectivity index (χ1n) is 8.31. The van der Waals surface area contributed by atoms with E-state index in [1.54, 1.807) is 0 Å². The van der Waals surface area contributed by atoms with Crippen LogP contribution in [0.1, 0.15) is 31.2 Å². The molecule has 0 amide bonds. The Hall–Kier alpha value is -1.32. The lowest BCUT2D eigenvalue weighted by Gasteiger charge is -2.35. The fourth-order valence-electron chi connectivity index (χ4n) is 4.07. The van der Waals surface area contributed by atoms with Crippen molar-refractivity contribution in [1.29, 1.82) is 0 Å². The molecule has 1 aromatic heterocycles. The lowest BCUT2D eigenvalue weighted by atomic mass is 9.89. The van der Waals surface area contributed by atoms with Gasteiger partial charge in [0.2, 0.25) is 0 Å². The van der Waals surface area contributed by atoms with Crippen molar-refractivity contribution in [2.24, 2.45) is 5.92 Å². The highest BCUT2D eigenvalue weighted by molar-refractivity contribution is 5.80. The Morgan fingerprint density at radius 3 is 3.05 bits per heavy atom. The number of fused-ring (bicyclic) bond motifs is 1. The SMILES string of the molecule is c1ccc2c(CN3CCCC(C4CCCN4)C3)coc2c1. The van der Waals surface area contributed by atoms with E-state index in [2.05, 4.69) is 28.4 Å². The molecule has 0 aliphatic carbocycles. The second-order valence-corrected chi connectivity index (χ2v) is 6.60. The van der Waals surface area contributed by atoms with Crippen molar-refractivity contribution in [1.82, 2.24) is 10.2 Å². The minimum Gasteiger partial charge on any atom is -0.464 e. The van der Waals surface area contributed by atoms with Gasteiger partial charge in [-0.05, 0) is 50.8 Å².